The number of aromatic nitrogens is 1. The van der Waals surface area contributed by atoms with Crippen molar-refractivity contribution in [1.82, 2.24) is 14.8 Å². The second-order valence-electron chi connectivity index (χ2n) is 8.50. The highest BCUT2D eigenvalue weighted by Gasteiger charge is 2.34. The number of benzene rings is 1. The summed E-state index contributed by atoms with van der Waals surface area (Å²) < 4.78 is 13.3. The Morgan fingerprint density at radius 1 is 1.41 bits per heavy atom. The first-order valence-corrected chi connectivity index (χ1v) is 13.0. The summed E-state index contributed by atoms with van der Waals surface area (Å²) in [6.07, 6.45) is 7.52. The van der Waals surface area contributed by atoms with Gasteiger partial charge in [-0.2, -0.15) is 0 Å². The third-order valence-corrected chi connectivity index (χ3v) is 7.50. The SMILES string of the molecule is CCc1cccc2c(/C=C3\SC(=S)N(C[C@H]4CCCO4)C3=O)cn(CC(=O)NCCCOC)c12. The predicted molar refractivity (Wildman–Crippen MR) is 140 cm³/mol. The van der Waals surface area contributed by atoms with E-state index in [1.807, 2.05) is 29.0 Å². The zero-order valence-electron chi connectivity index (χ0n) is 19.7. The Balaban J connectivity index is 1.59. The maximum atomic E-state index is 13.1. The molecule has 7 nitrogen and oxygen atoms in total. The van der Waals surface area contributed by atoms with Crippen molar-refractivity contribution in [2.45, 2.75) is 45.3 Å². The van der Waals surface area contributed by atoms with Gasteiger partial charge >= 0.3 is 0 Å². The van der Waals surface area contributed by atoms with Crippen LogP contribution in [-0.2, 0) is 32.0 Å². The molecule has 0 saturated carbocycles. The largest absolute Gasteiger partial charge is 0.385 e. The van der Waals surface area contributed by atoms with Crippen LogP contribution in [0.4, 0.5) is 0 Å². The van der Waals surface area contributed by atoms with Gasteiger partial charge in [-0.25, -0.2) is 0 Å². The molecule has 0 radical (unpaired) electrons. The molecule has 4 rings (SSSR count). The molecule has 2 saturated heterocycles. The van der Waals surface area contributed by atoms with E-state index in [2.05, 4.69) is 18.3 Å². The average Bonchev–Trinajstić information content (AvgIpc) is 3.53. The van der Waals surface area contributed by atoms with Crippen molar-refractivity contribution in [2.24, 2.45) is 0 Å². The molecular weight excluding hydrogens is 470 g/mol. The van der Waals surface area contributed by atoms with Gasteiger partial charge in [-0.05, 0) is 37.3 Å². The number of thioether (sulfide) groups is 1. The van der Waals surface area contributed by atoms with E-state index in [0.29, 0.717) is 28.9 Å². The van der Waals surface area contributed by atoms with Crippen LogP contribution in [0.15, 0.2) is 29.3 Å². The first-order valence-electron chi connectivity index (χ1n) is 11.7. The van der Waals surface area contributed by atoms with E-state index in [-0.39, 0.29) is 24.5 Å². The average molecular weight is 502 g/mol. The van der Waals surface area contributed by atoms with Gasteiger partial charge < -0.3 is 19.4 Å². The number of rotatable bonds is 10. The van der Waals surface area contributed by atoms with E-state index in [1.54, 1.807) is 12.0 Å². The lowest BCUT2D eigenvalue weighted by Crippen LogP contribution is -2.35. The molecule has 2 aliphatic heterocycles. The maximum Gasteiger partial charge on any atom is 0.266 e. The van der Waals surface area contributed by atoms with E-state index in [0.717, 1.165) is 54.3 Å². The number of aryl methyl sites for hydroxylation is 1. The third kappa shape index (κ3) is 5.54. The van der Waals surface area contributed by atoms with Crippen LogP contribution in [0.2, 0.25) is 0 Å². The van der Waals surface area contributed by atoms with Crippen LogP contribution in [0, 0.1) is 0 Å². The minimum absolute atomic E-state index is 0.0478. The Morgan fingerprint density at radius 3 is 3.00 bits per heavy atom. The number of carbonyl (C=O) groups excluding carboxylic acids is 2. The van der Waals surface area contributed by atoms with Gasteiger partial charge in [-0.3, -0.25) is 14.5 Å². The third-order valence-electron chi connectivity index (χ3n) is 6.13. The van der Waals surface area contributed by atoms with Gasteiger partial charge in [0, 0.05) is 44.0 Å². The summed E-state index contributed by atoms with van der Waals surface area (Å²) in [7, 11) is 1.65. The van der Waals surface area contributed by atoms with Crippen LogP contribution in [0.1, 0.15) is 37.3 Å². The van der Waals surface area contributed by atoms with Crippen molar-refractivity contribution in [3.63, 3.8) is 0 Å². The number of carbonyl (C=O) groups is 2. The van der Waals surface area contributed by atoms with E-state index in [9.17, 15) is 9.59 Å². The Hall–Kier alpha value is -2.20. The van der Waals surface area contributed by atoms with Gasteiger partial charge in [0.1, 0.15) is 10.9 Å². The second kappa shape index (κ2) is 11.5. The number of fused-ring (bicyclic) bond motifs is 1. The summed E-state index contributed by atoms with van der Waals surface area (Å²) in [5, 5.41) is 3.98. The molecule has 1 aromatic carbocycles. The number of nitrogens with zero attached hydrogens (tertiary/aromatic N) is 2. The standard InChI is InChI=1S/C25H31N3O4S2/c1-3-17-7-4-9-20-18(14-27(23(17)20)16-22(29)26-10-6-11-31-2)13-21-24(30)28(25(33)34-21)15-19-8-5-12-32-19/h4,7,9,13-14,19H,3,5-6,8,10-12,15-16H2,1-2H3,(H,26,29)/b21-13-/t19-/m1/s1. The highest BCUT2D eigenvalue weighted by molar-refractivity contribution is 8.26. The smallest absolute Gasteiger partial charge is 0.266 e. The van der Waals surface area contributed by atoms with Gasteiger partial charge in [-0.15, -0.1) is 0 Å². The summed E-state index contributed by atoms with van der Waals surface area (Å²) in [5.74, 6) is -0.123. The fraction of sp³-hybridized carbons (Fsp3) is 0.480. The zero-order chi connectivity index (χ0) is 24.1. The van der Waals surface area contributed by atoms with E-state index >= 15 is 0 Å². The van der Waals surface area contributed by atoms with Crippen molar-refractivity contribution in [2.75, 3.05) is 33.4 Å². The number of hydrogen-bond acceptors (Lipinski definition) is 6. The molecule has 34 heavy (non-hydrogen) atoms. The Bertz CT molecular complexity index is 1110. The second-order valence-corrected chi connectivity index (χ2v) is 10.2. The number of nitrogens with one attached hydrogen (secondary N) is 1. The molecule has 2 amide bonds. The Kier molecular flexibility index (Phi) is 8.41. The molecule has 182 valence electrons. The zero-order valence-corrected chi connectivity index (χ0v) is 21.3. The molecule has 2 aromatic rings. The Morgan fingerprint density at radius 2 is 2.26 bits per heavy atom. The van der Waals surface area contributed by atoms with Crippen molar-refractivity contribution in [3.05, 3.63) is 40.4 Å². The van der Waals surface area contributed by atoms with Gasteiger partial charge in [0.25, 0.3) is 5.91 Å². The number of hydrogen-bond donors (Lipinski definition) is 1. The molecule has 2 fully saturated rings. The fourth-order valence-corrected chi connectivity index (χ4v) is 5.70. The van der Waals surface area contributed by atoms with Gasteiger partial charge in [-0.1, -0.05) is 49.1 Å². The molecule has 9 heteroatoms. The quantitative estimate of drug-likeness (QED) is 0.304. The predicted octanol–water partition coefficient (Wildman–Crippen LogP) is 3.74. The number of methoxy groups -OCH3 is 1. The van der Waals surface area contributed by atoms with Gasteiger partial charge in [0.2, 0.25) is 5.91 Å². The molecular formula is C25H31N3O4S2. The first-order chi connectivity index (χ1) is 16.5. The lowest BCUT2D eigenvalue weighted by molar-refractivity contribution is -0.123. The van der Waals surface area contributed by atoms with Crippen molar-refractivity contribution < 1.29 is 19.1 Å². The number of ether oxygens (including phenoxy) is 2. The van der Waals surface area contributed by atoms with Crippen molar-refractivity contribution in [3.8, 4) is 0 Å². The lowest BCUT2D eigenvalue weighted by Gasteiger charge is -2.18. The number of para-hydroxylation sites is 1. The minimum Gasteiger partial charge on any atom is -0.385 e. The first kappa shape index (κ1) is 24.9. The number of thiocarbonyl (C=S) groups is 1. The fourth-order valence-electron chi connectivity index (χ4n) is 4.44. The van der Waals surface area contributed by atoms with Crippen LogP contribution in [0.25, 0.3) is 17.0 Å². The molecule has 1 atom stereocenters. The van der Waals surface area contributed by atoms with Gasteiger partial charge in [0.15, 0.2) is 0 Å². The molecule has 0 spiro atoms. The molecule has 1 aromatic heterocycles. The van der Waals surface area contributed by atoms with Crippen LogP contribution < -0.4 is 5.32 Å². The van der Waals surface area contributed by atoms with Crippen LogP contribution >= 0.6 is 24.0 Å². The monoisotopic (exact) mass is 501 g/mol. The normalized spacial score (nSPS) is 19.6. The molecule has 2 aliphatic rings. The summed E-state index contributed by atoms with van der Waals surface area (Å²) in [6.45, 7) is 4.76. The topological polar surface area (TPSA) is 72.8 Å². The van der Waals surface area contributed by atoms with E-state index in [1.165, 1.54) is 11.8 Å². The van der Waals surface area contributed by atoms with Crippen LogP contribution in [0.5, 0.6) is 0 Å². The highest BCUT2D eigenvalue weighted by atomic mass is 32.2. The molecule has 3 heterocycles. The van der Waals surface area contributed by atoms with Crippen LogP contribution in [-0.4, -0.2) is 65.1 Å². The lowest BCUT2D eigenvalue weighted by atomic mass is 10.1. The highest BCUT2D eigenvalue weighted by Crippen LogP contribution is 2.35. The maximum absolute atomic E-state index is 13.1. The summed E-state index contributed by atoms with van der Waals surface area (Å²) in [5.41, 5.74) is 3.10. The Labute approximate surface area is 209 Å². The molecule has 0 bridgehead atoms. The molecule has 1 N–H and O–H groups in total. The van der Waals surface area contributed by atoms with Gasteiger partial charge in [0.05, 0.1) is 23.1 Å². The molecule has 0 aliphatic carbocycles. The van der Waals surface area contributed by atoms with E-state index < -0.39 is 0 Å². The summed E-state index contributed by atoms with van der Waals surface area (Å²) in [6, 6.07) is 6.15. The van der Waals surface area contributed by atoms with Crippen LogP contribution in [0.3, 0.4) is 0 Å². The molecule has 0 unspecified atom stereocenters. The minimum atomic E-state index is -0.0751. The van der Waals surface area contributed by atoms with E-state index in [4.69, 9.17) is 21.7 Å². The van der Waals surface area contributed by atoms with Crippen molar-refractivity contribution in [1.29, 1.82) is 0 Å². The summed E-state index contributed by atoms with van der Waals surface area (Å²) >= 11 is 6.84. The van der Waals surface area contributed by atoms with Crippen molar-refractivity contribution >= 4 is 57.1 Å². The number of amides is 2. The summed E-state index contributed by atoms with van der Waals surface area (Å²) in [4.78, 5) is 28.0.